The van der Waals surface area contributed by atoms with Crippen molar-refractivity contribution in [2.24, 2.45) is 5.92 Å². The lowest BCUT2D eigenvalue weighted by Crippen LogP contribution is -2.53. The van der Waals surface area contributed by atoms with Crippen LogP contribution in [-0.2, 0) is 35.0 Å². The highest BCUT2D eigenvalue weighted by Crippen LogP contribution is 2.44. The number of hydrogen-bond donors (Lipinski definition) is 3. The number of fused-ring (bicyclic) bond motifs is 3. The summed E-state index contributed by atoms with van der Waals surface area (Å²) in [7, 11) is 0. The number of rotatable bonds is 15. The molecule has 2 unspecified atom stereocenters. The Morgan fingerprint density at radius 3 is 2.00 bits per heavy atom. The lowest BCUT2D eigenvalue weighted by Gasteiger charge is -2.27. The van der Waals surface area contributed by atoms with E-state index < -0.39 is 29.7 Å². The fourth-order valence-corrected chi connectivity index (χ4v) is 5.65. The van der Waals surface area contributed by atoms with Crippen LogP contribution in [-0.4, -0.2) is 68.2 Å². The molecule has 0 aromatic heterocycles. The summed E-state index contributed by atoms with van der Waals surface area (Å²) in [4.78, 5) is 50.7. The van der Waals surface area contributed by atoms with Gasteiger partial charge >= 0.3 is 18.2 Å². The minimum atomic E-state index is -0.966. The number of anilines is 1. The molecule has 50 heavy (non-hydrogen) atoms. The number of nitrogens with one attached hydrogen (secondary N) is 3. The molecule has 0 spiro atoms. The van der Waals surface area contributed by atoms with E-state index in [-0.39, 0.29) is 56.5 Å². The summed E-state index contributed by atoms with van der Waals surface area (Å²) in [6, 6.07) is 21.9. The van der Waals surface area contributed by atoms with E-state index in [0.29, 0.717) is 12.3 Å². The fourth-order valence-electron chi connectivity index (χ4n) is 5.65. The zero-order valence-corrected chi connectivity index (χ0v) is 29.7. The van der Waals surface area contributed by atoms with Crippen LogP contribution in [0.5, 0.6) is 0 Å². The zero-order chi connectivity index (χ0) is 36.3. The van der Waals surface area contributed by atoms with Crippen molar-refractivity contribution in [1.29, 1.82) is 0 Å². The molecule has 0 radical (unpaired) electrons. The van der Waals surface area contributed by atoms with Crippen LogP contribution in [0.3, 0.4) is 0 Å². The van der Waals surface area contributed by atoms with Crippen LogP contribution in [0.2, 0.25) is 0 Å². The summed E-state index contributed by atoms with van der Waals surface area (Å²) < 4.78 is 21.7. The number of benzene rings is 3. The smallest absolute Gasteiger partial charge is 0.411 e. The van der Waals surface area contributed by atoms with E-state index in [1.807, 2.05) is 38.1 Å². The maximum absolute atomic E-state index is 13.6. The molecular formula is C39H49N3O8. The van der Waals surface area contributed by atoms with E-state index in [1.54, 1.807) is 52.0 Å². The molecule has 0 heterocycles. The van der Waals surface area contributed by atoms with E-state index >= 15 is 0 Å². The monoisotopic (exact) mass is 687 g/mol. The van der Waals surface area contributed by atoms with Crippen LogP contribution in [0, 0.1) is 5.92 Å². The number of carbonyl (C=O) groups is 4. The van der Waals surface area contributed by atoms with Crippen LogP contribution in [0.25, 0.3) is 11.1 Å². The predicted molar refractivity (Wildman–Crippen MR) is 191 cm³/mol. The van der Waals surface area contributed by atoms with Crippen molar-refractivity contribution in [2.75, 3.05) is 31.7 Å². The Kier molecular flexibility index (Phi) is 13.4. The van der Waals surface area contributed by atoms with Gasteiger partial charge in [-0.25, -0.2) is 9.59 Å². The Bertz CT molecular complexity index is 1570. The van der Waals surface area contributed by atoms with Gasteiger partial charge in [-0.05, 0) is 73.6 Å². The number of ether oxygens (including phenoxy) is 4. The first-order valence-electron chi connectivity index (χ1n) is 17.1. The minimum absolute atomic E-state index is 0.00647. The molecule has 3 amide bonds. The van der Waals surface area contributed by atoms with Crippen molar-refractivity contribution in [1.82, 2.24) is 10.6 Å². The molecule has 0 aliphatic heterocycles. The molecule has 11 nitrogen and oxygen atoms in total. The minimum Gasteiger partial charge on any atom is -0.466 e. The van der Waals surface area contributed by atoms with Gasteiger partial charge in [0, 0.05) is 18.0 Å². The number of esters is 1. The SMILES string of the molecule is CCOC(=O)CCOCC(NC(=O)C(Cc1ccc(NC(=O)OCC2c3ccccc3-c3ccccc32)cc1)NC(=O)OC(C)(C)C)C(C)C. The molecule has 11 heteroatoms. The van der Waals surface area contributed by atoms with E-state index in [9.17, 15) is 19.2 Å². The maximum Gasteiger partial charge on any atom is 0.411 e. The van der Waals surface area contributed by atoms with Crippen molar-refractivity contribution >= 4 is 29.8 Å². The van der Waals surface area contributed by atoms with E-state index in [0.717, 1.165) is 27.8 Å². The number of alkyl carbamates (subject to hydrolysis) is 1. The Morgan fingerprint density at radius 1 is 0.800 bits per heavy atom. The van der Waals surface area contributed by atoms with Gasteiger partial charge in [0.25, 0.3) is 0 Å². The van der Waals surface area contributed by atoms with Gasteiger partial charge in [0.2, 0.25) is 5.91 Å². The van der Waals surface area contributed by atoms with Gasteiger partial charge < -0.3 is 29.6 Å². The highest BCUT2D eigenvalue weighted by Gasteiger charge is 2.30. The molecule has 3 aromatic rings. The first-order valence-corrected chi connectivity index (χ1v) is 17.1. The van der Waals surface area contributed by atoms with Crippen molar-refractivity contribution < 1.29 is 38.1 Å². The molecule has 0 bridgehead atoms. The van der Waals surface area contributed by atoms with Crippen molar-refractivity contribution in [3.8, 4) is 11.1 Å². The normalized spacial score (nSPS) is 13.4. The highest BCUT2D eigenvalue weighted by atomic mass is 16.6. The molecule has 1 aliphatic carbocycles. The number of hydrogen-bond acceptors (Lipinski definition) is 8. The lowest BCUT2D eigenvalue weighted by molar-refractivity contribution is -0.144. The second kappa shape index (κ2) is 17.7. The van der Waals surface area contributed by atoms with Gasteiger partial charge in [-0.3, -0.25) is 14.9 Å². The van der Waals surface area contributed by atoms with Crippen LogP contribution in [0.4, 0.5) is 15.3 Å². The zero-order valence-electron chi connectivity index (χ0n) is 29.7. The summed E-state index contributed by atoms with van der Waals surface area (Å²) in [6.07, 6.45) is -1.03. The number of carbonyl (C=O) groups excluding carboxylic acids is 4. The molecule has 268 valence electrons. The summed E-state index contributed by atoms with van der Waals surface area (Å²) in [5.41, 5.74) is 5.07. The average molecular weight is 688 g/mol. The molecule has 0 saturated heterocycles. The van der Waals surface area contributed by atoms with Crippen LogP contribution < -0.4 is 16.0 Å². The molecule has 0 fully saturated rings. The summed E-state index contributed by atoms with van der Waals surface area (Å²) >= 11 is 0. The molecule has 2 atom stereocenters. The third kappa shape index (κ3) is 11.1. The second-order valence-electron chi connectivity index (χ2n) is 13.5. The van der Waals surface area contributed by atoms with Crippen LogP contribution >= 0.6 is 0 Å². The summed E-state index contributed by atoms with van der Waals surface area (Å²) in [6.45, 7) is 11.7. The molecule has 1 aliphatic rings. The quantitative estimate of drug-likeness (QED) is 0.0923. The fraction of sp³-hybridized carbons (Fsp3) is 0.436. The van der Waals surface area contributed by atoms with Crippen molar-refractivity contribution in [2.45, 2.75) is 78.0 Å². The maximum atomic E-state index is 13.6. The van der Waals surface area contributed by atoms with Gasteiger partial charge in [-0.15, -0.1) is 0 Å². The Labute approximate surface area is 294 Å². The summed E-state index contributed by atoms with van der Waals surface area (Å²) in [5.74, 6) is -0.808. The molecule has 4 rings (SSSR count). The topological polar surface area (TPSA) is 141 Å². The first-order chi connectivity index (χ1) is 23.8. The molecule has 0 saturated carbocycles. The third-order valence-electron chi connectivity index (χ3n) is 8.18. The second-order valence-corrected chi connectivity index (χ2v) is 13.5. The van der Waals surface area contributed by atoms with E-state index in [4.69, 9.17) is 18.9 Å². The van der Waals surface area contributed by atoms with Gasteiger partial charge in [0.05, 0.1) is 32.3 Å². The van der Waals surface area contributed by atoms with E-state index in [2.05, 4.69) is 40.2 Å². The standard InChI is InChI=1S/C39H49N3O8/c1-7-48-35(43)20-21-47-24-34(25(2)3)41-36(44)33(42-38(46)50-39(4,5)6)22-26-16-18-27(19-17-26)40-37(45)49-23-32-30-14-10-8-12-28(30)29-13-9-11-15-31(29)32/h8-19,25,32-34H,7,20-24H2,1-6H3,(H,40,45)(H,41,44)(H,42,46). The Balaban J connectivity index is 1.36. The van der Waals surface area contributed by atoms with Crippen molar-refractivity contribution in [3.63, 3.8) is 0 Å². The molecule has 3 N–H and O–H groups in total. The largest absolute Gasteiger partial charge is 0.466 e. The Morgan fingerprint density at radius 2 is 1.42 bits per heavy atom. The van der Waals surface area contributed by atoms with Gasteiger partial charge in [0.15, 0.2) is 0 Å². The van der Waals surface area contributed by atoms with Crippen LogP contribution in [0.15, 0.2) is 72.8 Å². The van der Waals surface area contributed by atoms with Gasteiger partial charge in [0.1, 0.15) is 18.2 Å². The first kappa shape index (κ1) is 37.9. The highest BCUT2D eigenvalue weighted by molar-refractivity contribution is 5.87. The van der Waals surface area contributed by atoms with Crippen molar-refractivity contribution in [3.05, 3.63) is 89.5 Å². The molecular weight excluding hydrogens is 638 g/mol. The summed E-state index contributed by atoms with van der Waals surface area (Å²) in [5, 5.41) is 8.46. The Hall–Kier alpha value is -4.90. The third-order valence-corrected chi connectivity index (χ3v) is 8.18. The number of amides is 3. The van der Waals surface area contributed by atoms with Crippen LogP contribution in [0.1, 0.15) is 70.6 Å². The average Bonchev–Trinajstić information content (AvgIpc) is 3.38. The lowest BCUT2D eigenvalue weighted by atomic mass is 9.98. The predicted octanol–water partition coefficient (Wildman–Crippen LogP) is 6.59. The molecule has 3 aromatic carbocycles. The van der Waals surface area contributed by atoms with Gasteiger partial charge in [-0.2, -0.15) is 0 Å². The van der Waals surface area contributed by atoms with E-state index in [1.165, 1.54) is 0 Å². The van der Waals surface area contributed by atoms with Gasteiger partial charge in [-0.1, -0.05) is 74.5 Å².